The summed E-state index contributed by atoms with van der Waals surface area (Å²) in [5.41, 5.74) is 2.31. The lowest BCUT2D eigenvalue weighted by atomic mass is 10.1. The van der Waals surface area contributed by atoms with Crippen molar-refractivity contribution < 1.29 is 9.47 Å². The summed E-state index contributed by atoms with van der Waals surface area (Å²) in [4.78, 5) is 8.41. The van der Waals surface area contributed by atoms with Crippen LogP contribution in [0.25, 0.3) is 0 Å². The van der Waals surface area contributed by atoms with Gasteiger partial charge in [-0.3, -0.25) is 4.99 Å². The standard InChI is InChI=1S/C18H24N4O2.HI/c1-19-18(22-13-15-6-9-17(24-3)21-12-15)20-11-10-14-4-7-16(23-2)8-5-14;/h4-9,12H,10-11,13H2,1-3H3,(H2,19,20,22);1H. The fourth-order valence-corrected chi connectivity index (χ4v) is 2.16. The van der Waals surface area contributed by atoms with Gasteiger partial charge in [0.25, 0.3) is 0 Å². The zero-order chi connectivity index (χ0) is 17.2. The van der Waals surface area contributed by atoms with Crippen molar-refractivity contribution in [1.82, 2.24) is 15.6 Å². The average molecular weight is 456 g/mol. The summed E-state index contributed by atoms with van der Waals surface area (Å²) in [7, 11) is 5.04. The van der Waals surface area contributed by atoms with Crippen molar-refractivity contribution in [1.29, 1.82) is 0 Å². The monoisotopic (exact) mass is 456 g/mol. The minimum Gasteiger partial charge on any atom is -0.497 e. The molecule has 0 aliphatic rings. The zero-order valence-corrected chi connectivity index (χ0v) is 17.1. The Morgan fingerprint density at radius 1 is 1.00 bits per heavy atom. The van der Waals surface area contributed by atoms with Crippen molar-refractivity contribution in [2.24, 2.45) is 4.99 Å². The molecule has 0 unspecified atom stereocenters. The molecular weight excluding hydrogens is 431 g/mol. The maximum absolute atomic E-state index is 5.16. The van der Waals surface area contributed by atoms with Gasteiger partial charge < -0.3 is 20.1 Å². The van der Waals surface area contributed by atoms with Crippen LogP contribution in [0.5, 0.6) is 11.6 Å². The Kier molecular flexibility index (Phi) is 9.68. The third kappa shape index (κ3) is 7.16. The molecule has 0 atom stereocenters. The summed E-state index contributed by atoms with van der Waals surface area (Å²) < 4.78 is 10.2. The van der Waals surface area contributed by atoms with Crippen LogP contribution in [-0.2, 0) is 13.0 Å². The van der Waals surface area contributed by atoms with E-state index in [9.17, 15) is 0 Å². The molecule has 0 bridgehead atoms. The minimum absolute atomic E-state index is 0. The number of nitrogens with one attached hydrogen (secondary N) is 2. The first kappa shape index (κ1) is 21.0. The normalized spacial score (nSPS) is 10.6. The minimum atomic E-state index is 0. The Labute approximate surface area is 166 Å². The van der Waals surface area contributed by atoms with E-state index in [-0.39, 0.29) is 24.0 Å². The molecule has 2 aromatic rings. The van der Waals surface area contributed by atoms with Crippen LogP contribution in [0.2, 0.25) is 0 Å². The second kappa shape index (κ2) is 11.5. The van der Waals surface area contributed by atoms with Crippen LogP contribution in [0.15, 0.2) is 47.6 Å². The Bertz CT molecular complexity index is 645. The van der Waals surface area contributed by atoms with Gasteiger partial charge in [0.15, 0.2) is 5.96 Å². The number of aromatic nitrogens is 1. The lowest BCUT2D eigenvalue weighted by Gasteiger charge is -2.12. The lowest BCUT2D eigenvalue weighted by Crippen LogP contribution is -2.37. The van der Waals surface area contributed by atoms with Crippen molar-refractivity contribution in [2.45, 2.75) is 13.0 Å². The molecule has 0 fully saturated rings. The van der Waals surface area contributed by atoms with Crippen LogP contribution in [0, 0.1) is 0 Å². The third-order valence-corrected chi connectivity index (χ3v) is 3.56. The Morgan fingerprint density at radius 2 is 1.72 bits per heavy atom. The van der Waals surface area contributed by atoms with E-state index >= 15 is 0 Å². The van der Waals surface area contributed by atoms with Crippen LogP contribution in [-0.4, -0.2) is 38.8 Å². The quantitative estimate of drug-likeness (QED) is 0.381. The Balaban J connectivity index is 0.00000312. The van der Waals surface area contributed by atoms with Crippen LogP contribution >= 0.6 is 24.0 Å². The number of ether oxygens (including phenoxy) is 2. The Hall–Kier alpha value is -2.03. The SMILES string of the molecule is CN=C(NCCc1ccc(OC)cc1)NCc1ccc(OC)nc1.I. The molecule has 0 saturated carbocycles. The molecular formula is C18H25IN4O2. The molecule has 2 rings (SSSR count). The van der Waals surface area contributed by atoms with Gasteiger partial charge in [0.2, 0.25) is 5.88 Å². The van der Waals surface area contributed by atoms with Crippen LogP contribution in [0.3, 0.4) is 0 Å². The molecule has 136 valence electrons. The number of aliphatic imine (C=N–C) groups is 1. The van der Waals surface area contributed by atoms with Gasteiger partial charge >= 0.3 is 0 Å². The molecule has 25 heavy (non-hydrogen) atoms. The number of hydrogen-bond donors (Lipinski definition) is 2. The van der Waals surface area contributed by atoms with Crippen molar-refractivity contribution >= 4 is 29.9 Å². The highest BCUT2D eigenvalue weighted by molar-refractivity contribution is 14.0. The lowest BCUT2D eigenvalue weighted by molar-refractivity contribution is 0.397. The van der Waals surface area contributed by atoms with E-state index in [0.29, 0.717) is 12.4 Å². The van der Waals surface area contributed by atoms with Crippen LogP contribution in [0.1, 0.15) is 11.1 Å². The van der Waals surface area contributed by atoms with E-state index in [0.717, 1.165) is 30.2 Å². The van der Waals surface area contributed by atoms with Gasteiger partial charge in [-0.05, 0) is 29.7 Å². The molecule has 1 aromatic carbocycles. The predicted octanol–water partition coefficient (Wildman–Crippen LogP) is 2.62. The maximum atomic E-state index is 5.16. The van der Waals surface area contributed by atoms with Crippen LogP contribution < -0.4 is 20.1 Å². The van der Waals surface area contributed by atoms with E-state index in [1.165, 1.54) is 5.56 Å². The number of guanidine groups is 1. The number of halogens is 1. The summed E-state index contributed by atoms with van der Waals surface area (Å²) in [5, 5.41) is 6.57. The summed E-state index contributed by atoms with van der Waals surface area (Å²) in [6, 6.07) is 11.9. The van der Waals surface area contributed by atoms with E-state index < -0.39 is 0 Å². The van der Waals surface area contributed by atoms with Gasteiger partial charge in [0.1, 0.15) is 5.75 Å². The summed E-state index contributed by atoms with van der Waals surface area (Å²) in [6.07, 6.45) is 2.70. The highest BCUT2D eigenvalue weighted by atomic mass is 127. The summed E-state index contributed by atoms with van der Waals surface area (Å²) in [6.45, 7) is 1.45. The molecule has 0 saturated heterocycles. The summed E-state index contributed by atoms with van der Waals surface area (Å²) >= 11 is 0. The molecule has 2 N–H and O–H groups in total. The molecule has 0 spiro atoms. The van der Waals surface area contributed by atoms with E-state index in [1.54, 1.807) is 27.5 Å². The molecule has 1 aromatic heterocycles. The number of rotatable bonds is 7. The third-order valence-electron chi connectivity index (χ3n) is 3.56. The fraction of sp³-hybridized carbons (Fsp3) is 0.333. The number of nitrogens with zero attached hydrogens (tertiary/aromatic N) is 2. The van der Waals surface area contributed by atoms with Gasteiger partial charge in [0, 0.05) is 32.4 Å². The molecule has 1 heterocycles. The van der Waals surface area contributed by atoms with Crippen molar-refractivity contribution in [2.75, 3.05) is 27.8 Å². The fourth-order valence-electron chi connectivity index (χ4n) is 2.16. The van der Waals surface area contributed by atoms with E-state index in [4.69, 9.17) is 9.47 Å². The maximum Gasteiger partial charge on any atom is 0.212 e. The van der Waals surface area contributed by atoms with Crippen LogP contribution in [0.4, 0.5) is 0 Å². The first-order valence-corrected chi connectivity index (χ1v) is 7.81. The highest BCUT2D eigenvalue weighted by Gasteiger charge is 2.00. The molecule has 0 amide bonds. The zero-order valence-electron chi connectivity index (χ0n) is 14.8. The number of hydrogen-bond acceptors (Lipinski definition) is 4. The van der Waals surface area contributed by atoms with Gasteiger partial charge in [-0.15, -0.1) is 24.0 Å². The molecule has 0 aliphatic heterocycles. The van der Waals surface area contributed by atoms with Gasteiger partial charge in [-0.2, -0.15) is 0 Å². The van der Waals surface area contributed by atoms with Gasteiger partial charge in [-0.25, -0.2) is 4.98 Å². The molecule has 6 nitrogen and oxygen atoms in total. The first-order chi connectivity index (χ1) is 11.7. The average Bonchev–Trinajstić information content (AvgIpc) is 2.65. The molecule has 0 aliphatic carbocycles. The van der Waals surface area contributed by atoms with Crippen molar-refractivity contribution in [3.8, 4) is 11.6 Å². The second-order valence-electron chi connectivity index (χ2n) is 5.16. The predicted molar refractivity (Wildman–Crippen MR) is 111 cm³/mol. The van der Waals surface area contributed by atoms with E-state index in [2.05, 4.69) is 32.7 Å². The van der Waals surface area contributed by atoms with Crippen molar-refractivity contribution in [3.63, 3.8) is 0 Å². The highest BCUT2D eigenvalue weighted by Crippen LogP contribution is 2.11. The van der Waals surface area contributed by atoms with Gasteiger partial charge in [0.05, 0.1) is 14.2 Å². The number of pyridine rings is 1. The second-order valence-corrected chi connectivity index (χ2v) is 5.16. The first-order valence-electron chi connectivity index (χ1n) is 7.81. The van der Waals surface area contributed by atoms with E-state index in [1.807, 2.05) is 24.3 Å². The number of methoxy groups -OCH3 is 2. The largest absolute Gasteiger partial charge is 0.497 e. The number of benzene rings is 1. The topological polar surface area (TPSA) is 67.8 Å². The summed E-state index contributed by atoms with van der Waals surface area (Å²) in [5.74, 6) is 2.25. The molecule has 0 radical (unpaired) electrons. The van der Waals surface area contributed by atoms with Crippen molar-refractivity contribution in [3.05, 3.63) is 53.7 Å². The van der Waals surface area contributed by atoms with Gasteiger partial charge in [-0.1, -0.05) is 18.2 Å². The Morgan fingerprint density at radius 3 is 2.28 bits per heavy atom. The molecule has 7 heteroatoms. The smallest absolute Gasteiger partial charge is 0.212 e.